The largest absolute Gasteiger partial charge is 0.467 e. The molecule has 0 aromatic heterocycles. The van der Waals surface area contributed by atoms with Gasteiger partial charge in [-0.05, 0) is 18.6 Å². The maximum absolute atomic E-state index is 12.6. The van der Waals surface area contributed by atoms with Gasteiger partial charge in [0, 0.05) is 33.4 Å². The van der Waals surface area contributed by atoms with Crippen LogP contribution in [0.1, 0.15) is 33.3 Å². The van der Waals surface area contributed by atoms with Crippen LogP contribution in [0.4, 0.5) is 10.5 Å². The van der Waals surface area contributed by atoms with Crippen LogP contribution in [0.25, 0.3) is 0 Å². The van der Waals surface area contributed by atoms with E-state index in [1.54, 1.807) is 6.92 Å². The average Bonchev–Trinajstić information content (AvgIpc) is 2.90. The predicted molar refractivity (Wildman–Crippen MR) is 134 cm³/mol. The van der Waals surface area contributed by atoms with Gasteiger partial charge in [-0.3, -0.25) is 29.4 Å². The highest BCUT2D eigenvalue weighted by atomic mass is 35.5. The van der Waals surface area contributed by atoms with E-state index in [2.05, 4.69) is 0 Å². The van der Waals surface area contributed by atoms with Crippen LogP contribution in [0.15, 0.2) is 18.2 Å². The fraction of sp³-hybridized carbons (Fsp3) is 0.542. The summed E-state index contributed by atoms with van der Waals surface area (Å²) in [5.41, 5.74) is -0.404. The normalized spacial score (nSPS) is 21.6. The Kier molecular flexibility index (Phi) is 12.1. The van der Waals surface area contributed by atoms with E-state index >= 15 is 0 Å². The molecule has 1 aromatic carbocycles. The van der Waals surface area contributed by atoms with Gasteiger partial charge in [-0.1, -0.05) is 6.07 Å². The average molecular weight is 605 g/mol. The number of ether oxygens (including phenoxy) is 7. The number of hydrogen-bond donors (Lipinski definition) is 0. The second-order valence-electron chi connectivity index (χ2n) is 8.38. The highest BCUT2D eigenvalue weighted by Gasteiger charge is 2.56. The van der Waals surface area contributed by atoms with Crippen molar-refractivity contribution in [1.29, 1.82) is 0 Å². The van der Waals surface area contributed by atoms with Gasteiger partial charge < -0.3 is 33.2 Å². The molecule has 0 bridgehead atoms. The van der Waals surface area contributed by atoms with Gasteiger partial charge in [-0.15, -0.1) is 11.6 Å². The third-order valence-corrected chi connectivity index (χ3v) is 5.73. The molecule has 1 aliphatic rings. The Bertz CT molecular complexity index is 1160. The molecule has 0 N–H and O–H groups in total. The van der Waals surface area contributed by atoms with Crippen LogP contribution in [-0.4, -0.2) is 90.2 Å². The van der Waals surface area contributed by atoms with Gasteiger partial charge in [0.2, 0.25) is 12.4 Å². The van der Waals surface area contributed by atoms with Gasteiger partial charge in [-0.25, -0.2) is 9.59 Å². The number of esters is 4. The zero-order valence-electron chi connectivity index (χ0n) is 22.7. The second kappa shape index (κ2) is 15.0. The molecule has 16 nitrogen and oxygen atoms in total. The number of nitro benzene ring substituents is 1. The van der Waals surface area contributed by atoms with Crippen molar-refractivity contribution in [3.8, 4) is 5.75 Å². The molecule has 0 unspecified atom stereocenters. The Morgan fingerprint density at radius 1 is 1.00 bits per heavy atom. The Hall–Kier alpha value is -4.18. The van der Waals surface area contributed by atoms with E-state index in [1.807, 2.05) is 0 Å². The molecular weight excluding hydrogens is 576 g/mol. The molecule has 226 valence electrons. The molecule has 1 heterocycles. The number of nitrogens with zero attached hydrogens (tertiary/aromatic N) is 2. The van der Waals surface area contributed by atoms with Gasteiger partial charge in [0.15, 0.2) is 24.1 Å². The first-order chi connectivity index (χ1) is 19.3. The SMILES string of the molecule is CCN(CCl)C(=O)OCc1ccc(O[C@@H]2O[C@H](C(=O)OC)[C@@H](OC(C)=O)[C@H](OC(C)=O)[C@H]2OC(C)=O)c([N+](=O)[O-])c1. The number of rotatable bonds is 11. The van der Waals surface area contributed by atoms with Crippen LogP contribution < -0.4 is 4.74 Å². The summed E-state index contributed by atoms with van der Waals surface area (Å²) >= 11 is 5.67. The summed E-state index contributed by atoms with van der Waals surface area (Å²) in [6.45, 7) is 4.66. The minimum Gasteiger partial charge on any atom is -0.467 e. The Balaban J connectivity index is 2.48. The molecule has 1 aliphatic heterocycles. The number of alkyl halides is 1. The molecule has 41 heavy (non-hydrogen) atoms. The third kappa shape index (κ3) is 8.91. The lowest BCUT2D eigenvalue weighted by atomic mass is 9.97. The van der Waals surface area contributed by atoms with E-state index in [0.717, 1.165) is 40.0 Å². The summed E-state index contributed by atoms with van der Waals surface area (Å²) < 4.78 is 36.8. The van der Waals surface area contributed by atoms with Crippen molar-refractivity contribution in [3.63, 3.8) is 0 Å². The van der Waals surface area contributed by atoms with Crippen molar-refractivity contribution < 1.29 is 62.1 Å². The summed E-state index contributed by atoms with van der Waals surface area (Å²) in [5.74, 6) is -4.21. The maximum Gasteiger partial charge on any atom is 0.411 e. The van der Waals surface area contributed by atoms with E-state index in [-0.39, 0.29) is 24.7 Å². The third-order valence-electron chi connectivity index (χ3n) is 5.44. The molecule has 0 aliphatic carbocycles. The lowest BCUT2D eigenvalue weighted by Gasteiger charge is -2.42. The zero-order valence-corrected chi connectivity index (χ0v) is 23.5. The Morgan fingerprint density at radius 2 is 1.59 bits per heavy atom. The highest BCUT2D eigenvalue weighted by Crippen LogP contribution is 2.35. The molecule has 1 aromatic rings. The summed E-state index contributed by atoms with van der Waals surface area (Å²) in [4.78, 5) is 72.5. The first-order valence-corrected chi connectivity index (χ1v) is 12.5. The molecule has 17 heteroatoms. The number of carbonyl (C=O) groups excluding carboxylic acids is 5. The molecular formula is C24H29ClN2O14. The predicted octanol–water partition coefficient (Wildman–Crippen LogP) is 1.82. The fourth-order valence-electron chi connectivity index (χ4n) is 3.69. The van der Waals surface area contributed by atoms with Crippen molar-refractivity contribution in [2.24, 2.45) is 0 Å². The first-order valence-electron chi connectivity index (χ1n) is 12.0. The number of halogens is 1. The molecule has 5 atom stereocenters. The maximum atomic E-state index is 12.6. The van der Waals surface area contributed by atoms with Gasteiger partial charge in [0.05, 0.1) is 18.0 Å². The molecule has 0 saturated carbocycles. The van der Waals surface area contributed by atoms with E-state index in [4.69, 9.17) is 44.8 Å². The molecule has 1 saturated heterocycles. The number of benzene rings is 1. The van der Waals surface area contributed by atoms with E-state index in [1.165, 1.54) is 11.0 Å². The molecule has 0 spiro atoms. The Morgan fingerprint density at radius 3 is 2.10 bits per heavy atom. The van der Waals surface area contributed by atoms with Crippen LogP contribution in [0.3, 0.4) is 0 Å². The lowest BCUT2D eigenvalue weighted by molar-refractivity contribution is -0.387. The molecule has 1 fully saturated rings. The topological polar surface area (TPSA) is 196 Å². The Labute approximate surface area is 238 Å². The van der Waals surface area contributed by atoms with Crippen LogP contribution >= 0.6 is 11.6 Å². The molecule has 0 radical (unpaired) electrons. The quantitative estimate of drug-likeness (QED) is 0.0885. The number of nitro groups is 1. The summed E-state index contributed by atoms with van der Waals surface area (Å²) in [6.07, 6.45) is -9.26. The lowest BCUT2D eigenvalue weighted by Crippen LogP contribution is -2.64. The van der Waals surface area contributed by atoms with Gasteiger partial charge >= 0.3 is 35.7 Å². The minimum atomic E-state index is -1.80. The van der Waals surface area contributed by atoms with Crippen molar-refractivity contribution >= 4 is 47.3 Å². The van der Waals surface area contributed by atoms with Crippen LogP contribution in [0.2, 0.25) is 0 Å². The minimum absolute atomic E-state index is 0.119. The number of methoxy groups -OCH3 is 1. The van der Waals surface area contributed by atoms with E-state index < -0.39 is 77.0 Å². The van der Waals surface area contributed by atoms with E-state index in [9.17, 15) is 34.1 Å². The second-order valence-corrected chi connectivity index (χ2v) is 8.62. The van der Waals surface area contributed by atoms with Gasteiger partial charge in [0.1, 0.15) is 6.61 Å². The van der Waals surface area contributed by atoms with Gasteiger partial charge in [-0.2, -0.15) is 0 Å². The van der Waals surface area contributed by atoms with Crippen molar-refractivity contribution in [3.05, 3.63) is 33.9 Å². The van der Waals surface area contributed by atoms with E-state index in [0.29, 0.717) is 0 Å². The number of amides is 1. The van der Waals surface area contributed by atoms with Crippen molar-refractivity contribution in [2.75, 3.05) is 19.7 Å². The highest BCUT2D eigenvalue weighted by molar-refractivity contribution is 6.18. The molecule has 1 amide bonds. The van der Waals surface area contributed by atoms with Crippen LogP contribution in [-0.2, 0) is 54.2 Å². The monoisotopic (exact) mass is 604 g/mol. The standard InChI is InChI=1S/C24H29ClN2O14/c1-6-26(11-25)24(32)36-10-15-7-8-17(16(9-15)27(33)34)40-23-21(39-14(4)30)19(38-13(3)29)18(37-12(2)28)20(41-23)22(31)35-5/h7-9,18-21,23H,6,10-11H2,1-5H3/t18-,19-,20-,21+,23+/m0/s1. The fourth-order valence-corrected chi connectivity index (χ4v) is 3.96. The van der Waals surface area contributed by atoms with Gasteiger partial charge in [0.25, 0.3) is 0 Å². The summed E-state index contributed by atoms with van der Waals surface area (Å²) in [7, 11) is 1.01. The zero-order chi connectivity index (χ0) is 30.9. The van der Waals surface area contributed by atoms with Crippen LogP contribution in [0.5, 0.6) is 5.75 Å². The number of carbonyl (C=O) groups is 5. The summed E-state index contributed by atoms with van der Waals surface area (Å²) in [5, 5.41) is 11.9. The molecule has 2 rings (SSSR count). The smallest absolute Gasteiger partial charge is 0.411 e. The summed E-state index contributed by atoms with van der Waals surface area (Å²) in [6, 6.07) is 3.44. The van der Waals surface area contributed by atoms with Crippen molar-refractivity contribution in [1.82, 2.24) is 4.90 Å². The van der Waals surface area contributed by atoms with Crippen LogP contribution in [0, 0.1) is 10.1 Å². The first kappa shape index (κ1) is 33.0. The van der Waals surface area contributed by atoms with Crippen molar-refractivity contribution in [2.45, 2.75) is 65.0 Å². The number of hydrogen-bond acceptors (Lipinski definition) is 14.